The van der Waals surface area contributed by atoms with E-state index in [4.69, 9.17) is 4.74 Å². The Morgan fingerprint density at radius 3 is 2.85 bits per heavy atom. The van der Waals surface area contributed by atoms with Gasteiger partial charge in [-0.3, -0.25) is 4.90 Å². The molecule has 3 aliphatic carbocycles. The van der Waals surface area contributed by atoms with Crippen LogP contribution in [0.2, 0.25) is 0 Å². The summed E-state index contributed by atoms with van der Waals surface area (Å²) in [5.41, 5.74) is 1.19. The fourth-order valence-electron chi connectivity index (χ4n) is 6.86. The van der Waals surface area contributed by atoms with Gasteiger partial charge in [0.1, 0.15) is 6.10 Å². The normalized spacial score (nSPS) is 45.5. The van der Waals surface area contributed by atoms with Crippen LogP contribution in [0.25, 0.3) is 0 Å². The molecule has 0 amide bonds. The number of phenolic OH excluding ortho intramolecular Hbond substituents is 1. The number of hydrogen-bond acceptors (Lipinski definition) is 5. The SMILES string of the molecule is CN[C@@H]1CC[C@@]2(O)[C@@H](C)N(CC3CC3)C3C[C@@]24c2c3ccc(O)c2O[C@@H]14. The average molecular weight is 356 g/mol. The number of ether oxygens (including phenoxy) is 1. The maximum Gasteiger partial charge on any atom is 0.165 e. The van der Waals surface area contributed by atoms with E-state index < -0.39 is 11.0 Å². The number of fused-ring (bicyclic) bond motifs is 2. The molecule has 1 aromatic rings. The summed E-state index contributed by atoms with van der Waals surface area (Å²) in [5, 5.41) is 26.1. The number of likely N-dealkylation sites (tertiary alicyclic amines) is 1. The van der Waals surface area contributed by atoms with E-state index in [1.165, 1.54) is 18.4 Å². The van der Waals surface area contributed by atoms with Gasteiger partial charge in [0.15, 0.2) is 11.5 Å². The number of aliphatic hydroxyl groups is 1. The number of hydrogen-bond donors (Lipinski definition) is 3. The molecule has 5 heteroatoms. The molecule has 2 heterocycles. The predicted octanol–water partition coefficient (Wildman–Crippen LogP) is 2.06. The van der Waals surface area contributed by atoms with Crippen molar-refractivity contribution in [1.82, 2.24) is 10.2 Å². The lowest BCUT2D eigenvalue weighted by atomic mass is 9.54. The molecule has 140 valence electrons. The minimum atomic E-state index is -0.805. The fourth-order valence-corrected chi connectivity index (χ4v) is 6.86. The van der Waals surface area contributed by atoms with Crippen LogP contribution in [-0.4, -0.2) is 52.5 Å². The number of nitrogens with one attached hydrogen (secondary N) is 1. The third kappa shape index (κ3) is 1.56. The van der Waals surface area contributed by atoms with Crippen molar-refractivity contribution in [2.24, 2.45) is 5.92 Å². The molecular formula is C21H28N2O3. The first-order chi connectivity index (χ1) is 12.5. The zero-order valence-corrected chi connectivity index (χ0v) is 15.5. The van der Waals surface area contributed by atoms with Gasteiger partial charge in [-0.2, -0.15) is 0 Å². The van der Waals surface area contributed by atoms with Gasteiger partial charge in [0.05, 0.1) is 11.0 Å². The number of nitrogens with zero attached hydrogens (tertiary/aromatic N) is 1. The molecular weight excluding hydrogens is 328 g/mol. The molecule has 0 radical (unpaired) electrons. The summed E-state index contributed by atoms with van der Waals surface area (Å²) in [6.07, 6.45) is 5.12. The molecule has 1 unspecified atom stereocenters. The van der Waals surface area contributed by atoms with Gasteiger partial charge in [0.25, 0.3) is 0 Å². The second-order valence-electron chi connectivity index (χ2n) is 9.28. The molecule has 2 bridgehead atoms. The zero-order chi connectivity index (χ0) is 17.8. The molecule has 1 saturated heterocycles. The van der Waals surface area contributed by atoms with Crippen molar-refractivity contribution in [3.63, 3.8) is 0 Å². The van der Waals surface area contributed by atoms with Crippen LogP contribution in [0.4, 0.5) is 0 Å². The van der Waals surface area contributed by atoms with Gasteiger partial charge < -0.3 is 20.3 Å². The van der Waals surface area contributed by atoms with Crippen LogP contribution >= 0.6 is 0 Å². The van der Waals surface area contributed by atoms with Crippen molar-refractivity contribution in [3.8, 4) is 11.5 Å². The first-order valence-electron chi connectivity index (χ1n) is 10.2. The fraction of sp³-hybridized carbons (Fsp3) is 0.714. The standard InChI is InChI=1S/C21H28N2O3/c1-11-21(25)8-7-14(22-2)19-20(21)9-15(23(11)10-12-3-4-12)13-5-6-16(24)18(26-19)17(13)20/h5-6,11-12,14-15,19,22,24-25H,3-4,7-10H2,1-2H3/t11-,14-,15?,19+,20+,21-/m1/s1. The quantitative estimate of drug-likeness (QED) is 0.774. The maximum atomic E-state index is 12.2. The van der Waals surface area contributed by atoms with E-state index >= 15 is 0 Å². The Morgan fingerprint density at radius 2 is 2.12 bits per heavy atom. The Bertz CT molecular complexity index is 794. The molecule has 1 spiro atoms. The summed E-state index contributed by atoms with van der Waals surface area (Å²) in [4.78, 5) is 2.57. The Balaban J connectivity index is 1.59. The molecule has 3 N–H and O–H groups in total. The minimum Gasteiger partial charge on any atom is -0.504 e. The molecule has 6 atom stereocenters. The lowest BCUT2D eigenvalue weighted by Crippen LogP contribution is -2.74. The van der Waals surface area contributed by atoms with Gasteiger partial charge in [-0.05, 0) is 63.6 Å². The summed E-state index contributed by atoms with van der Waals surface area (Å²) in [7, 11) is 1.98. The van der Waals surface area contributed by atoms with Crippen LogP contribution < -0.4 is 10.1 Å². The lowest BCUT2D eigenvalue weighted by molar-refractivity contribution is -0.188. The van der Waals surface area contributed by atoms with E-state index in [1.807, 2.05) is 7.05 Å². The number of rotatable bonds is 3. The van der Waals surface area contributed by atoms with Gasteiger partial charge >= 0.3 is 0 Å². The summed E-state index contributed by atoms with van der Waals surface area (Å²) in [6, 6.07) is 4.51. The van der Waals surface area contributed by atoms with E-state index in [0.29, 0.717) is 11.8 Å². The maximum absolute atomic E-state index is 12.2. The van der Waals surface area contributed by atoms with Gasteiger partial charge in [-0.1, -0.05) is 6.07 Å². The van der Waals surface area contributed by atoms with Gasteiger partial charge in [0.2, 0.25) is 0 Å². The van der Waals surface area contributed by atoms with Crippen molar-refractivity contribution in [2.75, 3.05) is 13.6 Å². The summed E-state index contributed by atoms with van der Waals surface area (Å²) in [6.45, 7) is 3.30. The molecule has 0 aromatic heterocycles. The number of benzene rings is 1. The predicted molar refractivity (Wildman–Crippen MR) is 97.5 cm³/mol. The van der Waals surface area contributed by atoms with E-state index in [0.717, 1.165) is 37.3 Å². The highest BCUT2D eigenvalue weighted by molar-refractivity contribution is 5.64. The largest absolute Gasteiger partial charge is 0.504 e. The van der Waals surface area contributed by atoms with Crippen molar-refractivity contribution < 1.29 is 14.9 Å². The summed E-state index contributed by atoms with van der Waals surface area (Å²) < 4.78 is 6.38. The third-order valence-electron chi connectivity index (χ3n) is 8.32. The zero-order valence-electron chi connectivity index (χ0n) is 15.5. The van der Waals surface area contributed by atoms with Crippen LogP contribution in [0.15, 0.2) is 12.1 Å². The Morgan fingerprint density at radius 1 is 1.31 bits per heavy atom. The molecule has 3 fully saturated rings. The number of aromatic hydroxyl groups is 1. The van der Waals surface area contributed by atoms with E-state index in [1.54, 1.807) is 6.07 Å². The molecule has 26 heavy (non-hydrogen) atoms. The first kappa shape index (κ1) is 15.7. The molecule has 5 nitrogen and oxygen atoms in total. The topological polar surface area (TPSA) is 65.0 Å². The van der Waals surface area contributed by atoms with Crippen LogP contribution in [0.3, 0.4) is 0 Å². The Kier molecular flexibility index (Phi) is 2.87. The third-order valence-corrected chi connectivity index (χ3v) is 8.32. The molecule has 5 aliphatic rings. The minimum absolute atomic E-state index is 0.103. The second-order valence-corrected chi connectivity index (χ2v) is 9.28. The highest BCUT2D eigenvalue weighted by Gasteiger charge is 2.74. The van der Waals surface area contributed by atoms with Gasteiger partial charge in [-0.15, -0.1) is 0 Å². The van der Waals surface area contributed by atoms with Crippen LogP contribution in [0, 0.1) is 5.92 Å². The number of phenols is 1. The summed E-state index contributed by atoms with van der Waals surface area (Å²) in [5.74, 6) is 1.65. The number of likely N-dealkylation sites (N-methyl/N-ethyl adjacent to an activating group) is 1. The van der Waals surface area contributed by atoms with E-state index in [-0.39, 0.29) is 23.9 Å². The van der Waals surface area contributed by atoms with Crippen LogP contribution in [0.1, 0.15) is 56.2 Å². The Hall–Kier alpha value is -1.30. The second kappa shape index (κ2) is 4.75. The highest BCUT2D eigenvalue weighted by Crippen LogP contribution is 2.70. The van der Waals surface area contributed by atoms with Crippen LogP contribution in [-0.2, 0) is 5.41 Å². The molecule has 2 aliphatic heterocycles. The van der Waals surface area contributed by atoms with Gasteiger partial charge in [-0.25, -0.2) is 0 Å². The van der Waals surface area contributed by atoms with Crippen molar-refractivity contribution in [1.29, 1.82) is 0 Å². The Labute approximate surface area is 154 Å². The smallest absolute Gasteiger partial charge is 0.165 e. The van der Waals surface area contributed by atoms with Crippen molar-refractivity contribution in [3.05, 3.63) is 23.3 Å². The van der Waals surface area contributed by atoms with Gasteiger partial charge in [0, 0.05) is 30.2 Å². The van der Waals surface area contributed by atoms with Crippen molar-refractivity contribution >= 4 is 0 Å². The first-order valence-corrected chi connectivity index (χ1v) is 10.2. The summed E-state index contributed by atoms with van der Waals surface area (Å²) >= 11 is 0. The lowest BCUT2D eigenvalue weighted by Gasteiger charge is -2.60. The molecule has 1 aromatic carbocycles. The van der Waals surface area contributed by atoms with Crippen LogP contribution in [0.5, 0.6) is 11.5 Å². The van der Waals surface area contributed by atoms with Crippen molar-refractivity contribution in [2.45, 2.75) is 74.3 Å². The number of piperidine rings is 1. The highest BCUT2D eigenvalue weighted by atomic mass is 16.5. The van der Waals surface area contributed by atoms with E-state index in [9.17, 15) is 10.2 Å². The average Bonchev–Trinajstić information content (AvgIpc) is 3.29. The molecule has 6 rings (SSSR count). The van der Waals surface area contributed by atoms with E-state index in [2.05, 4.69) is 23.2 Å². The monoisotopic (exact) mass is 356 g/mol. The molecule has 2 saturated carbocycles.